The third-order valence-corrected chi connectivity index (χ3v) is 1.87. The van der Waals surface area contributed by atoms with Gasteiger partial charge in [0.1, 0.15) is 0 Å². The number of fused-ring (bicyclic) bond motifs is 1. The van der Waals surface area contributed by atoms with Gasteiger partial charge in [0.15, 0.2) is 11.5 Å². The van der Waals surface area contributed by atoms with Crippen LogP contribution in [0.25, 0.3) is 0 Å². The fraction of sp³-hybridized carbons (Fsp3) is 0.250. The molecule has 0 aromatic heterocycles. The summed E-state index contributed by atoms with van der Waals surface area (Å²) in [6.45, 7) is 0. The molecule has 6 heteroatoms. The van der Waals surface area contributed by atoms with Crippen LogP contribution in [-0.4, -0.2) is 13.4 Å². The van der Waals surface area contributed by atoms with Gasteiger partial charge in [0.05, 0.1) is 7.11 Å². The molecule has 0 atom stereocenters. The third kappa shape index (κ3) is 1.43. The highest BCUT2D eigenvalue weighted by molar-refractivity contribution is 6.31. The molecule has 14 heavy (non-hydrogen) atoms. The van der Waals surface area contributed by atoms with E-state index in [9.17, 15) is 8.78 Å². The maximum atomic E-state index is 12.6. The van der Waals surface area contributed by atoms with Gasteiger partial charge >= 0.3 is 6.29 Å². The van der Waals surface area contributed by atoms with Crippen molar-refractivity contribution in [3.63, 3.8) is 0 Å². The summed E-state index contributed by atoms with van der Waals surface area (Å²) in [4.78, 5) is 0. The predicted octanol–water partition coefficient (Wildman–Crippen LogP) is 2.67. The molecule has 0 saturated carbocycles. The van der Waals surface area contributed by atoms with E-state index in [1.54, 1.807) is 0 Å². The number of halogens is 3. The molecular formula is C8H5ClF2O3. The minimum Gasteiger partial charge on any atom is -0.493 e. The Bertz CT molecular complexity index is 381. The number of hydrogen-bond donors (Lipinski definition) is 0. The van der Waals surface area contributed by atoms with Gasteiger partial charge in [-0.1, -0.05) is 11.6 Å². The van der Waals surface area contributed by atoms with Crippen LogP contribution in [0.15, 0.2) is 12.1 Å². The lowest BCUT2D eigenvalue weighted by molar-refractivity contribution is -0.287. The van der Waals surface area contributed by atoms with Crippen molar-refractivity contribution in [1.82, 2.24) is 0 Å². The Balaban J connectivity index is 2.50. The van der Waals surface area contributed by atoms with Crippen LogP contribution >= 0.6 is 11.6 Å². The topological polar surface area (TPSA) is 27.7 Å². The predicted molar refractivity (Wildman–Crippen MR) is 44.2 cm³/mol. The van der Waals surface area contributed by atoms with Crippen LogP contribution in [0.2, 0.25) is 5.02 Å². The smallest absolute Gasteiger partial charge is 0.493 e. The number of ether oxygens (including phenoxy) is 3. The number of alkyl halides is 2. The molecule has 0 radical (unpaired) electrons. The summed E-state index contributed by atoms with van der Waals surface area (Å²) >= 11 is 5.64. The number of methoxy groups -OCH3 is 1. The highest BCUT2D eigenvalue weighted by atomic mass is 35.5. The summed E-state index contributed by atoms with van der Waals surface area (Å²) < 4.78 is 38.5. The summed E-state index contributed by atoms with van der Waals surface area (Å²) in [5.41, 5.74) is 0. The summed E-state index contributed by atoms with van der Waals surface area (Å²) in [6, 6.07) is 2.60. The first kappa shape index (κ1) is 9.33. The lowest BCUT2D eigenvalue weighted by atomic mass is 10.3. The van der Waals surface area contributed by atoms with Crippen molar-refractivity contribution in [2.75, 3.05) is 7.11 Å². The molecule has 76 valence electrons. The Morgan fingerprint density at radius 2 is 2.07 bits per heavy atom. The zero-order valence-electron chi connectivity index (χ0n) is 7.01. The van der Waals surface area contributed by atoms with Gasteiger partial charge in [-0.2, -0.15) is 0 Å². The highest BCUT2D eigenvalue weighted by Crippen LogP contribution is 2.48. The van der Waals surface area contributed by atoms with E-state index in [0.29, 0.717) is 0 Å². The zero-order chi connectivity index (χ0) is 10.3. The molecule has 0 spiro atoms. The van der Waals surface area contributed by atoms with Crippen molar-refractivity contribution >= 4 is 11.6 Å². The second-order valence-corrected chi connectivity index (χ2v) is 3.04. The van der Waals surface area contributed by atoms with Gasteiger partial charge < -0.3 is 14.2 Å². The van der Waals surface area contributed by atoms with E-state index < -0.39 is 6.29 Å². The fourth-order valence-corrected chi connectivity index (χ4v) is 1.34. The number of hydrogen-bond acceptors (Lipinski definition) is 3. The van der Waals surface area contributed by atoms with Crippen molar-refractivity contribution in [3.8, 4) is 17.2 Å². The molecule has 0 amide bonds. The highest BCUT2D eigenvalue weighted by Gasteiger charge is 2.45. The van der Waals surface area contributed by atoms with Gasteiger partial charge in [-0.15, -0.1) is 8.78 Å². The van der Waals surface area contributed by atoms with Crippen molar-refractivity contribution in [1.29, 1.82) is 0 Å². The molecule has 0 bridgehead atoms. The first-order valence-corrected chi connectivity index (χ1v) is 4.03. The molecule has 1 aromatic rings. The van der Waals surface area contributed by atoms with E-state index in [-0.39, 0.29) is 22.3 Å². The quantitative estimate of drug-likeness (QED) is 0.731. The normalized spacial score (nSPS) is 16.9. The molecule has 1 aliphatic heterocycles. The maximum Gasteiger partial charge on any atom is 0.586 e. The Morgan fingerprint density at radius 3 is 2.71 bits per heavy atom. The van der Waals surface area contributed by atoms with Crippen LogP contribution in [0.5, 0.6) is 17.2 Å². The standard InChI is InChI=1S/C8H5ClF2O3/c1-12-5-2-4(9)3-6-7(5)14-8(10,11)13-6/h2-3H,1H3. The van der Waals surface area contributed by atoms with Gasteiger partial charge in [0, 0.05) is 17.2 Å². The van der Waals surface area contributed by atoms with Crippen LogP contribution in [0.4, 0.5) is 8.78 Å². The Hall–Kier alpha value is -1.23. The van der Waals surface area contributed by atoms with Crippen LogP contribution in [0.3, 0.4) is 0 Å². The van der Waals surface area contributed by atoms with Gasteiger partial charge in [-0.3, -0.25) is 0 Å². The van der Waals surface area contributed by atoms with Crippen molar-refractivity contribution in [2.24, 2.45) is 0 Å². The average molecular weight is 223 g/mol. The molecule has 0 unspecified atom stereocenters. The molecule has 0 saturated heterocycles. The zero-order valence-corrected chi connectivity index (χ0v) is 7.77. The lowest BCUT2D eigenvalue weighted by Gasteiger charge is -2.05. The number of benzene rings is 1. The Kier molecular flexibility index (Phi) is 1.92. The molecule has 0 aliphatic carbocycles. The molecular weight excluding hydrogens is 218 g/mol. The summed E-state index contributed by atoms with van der Waals surface area (Å²) in [5.74, 6) is -0.147. The first-order valence-electron chi connectivity index (χ1n) is 3.65. The lowest BCUT2D eigenvalue weighted by Crippen LogP contribution is -2.26. The molecule has 1 heterocycles. The van der Waals surface area contributed by atoms with Crippen molar-refractivity contribution < 1.29 is 23.0 Å². The van der Waals surface area contributed by atoms with E-state index in [1.165, 1.54) is 19.2 Å². The first-order chi connectivity index (χ1) is 6.52. The van der Waals surface area contributed by atoms with Gasteiger partial charge in [-0.05, 0) is 0 Å². The van der Waals surface area contributed by atoms with E-state index in [4.69, 9.17) is 16.3 Å². The van der Waals surface area contributed by atoms with Crippen LogP contribution in [-0.2, 0) is 0 Å². The maximum absolute atomic E-state index is 12.6. The Labute approximate surface area is 83.1 Å². The third-order valence-electron chi connectivity index (χ3n) is 1.66. The van der Waals surface area contributed by atoms with E-state index in [1.807, 2.05) is 0 Å². The van der Waals surface area contributed by atoms with Crippen LogP contribution in [0, 0.1) is 0 Å². The molecule has 1 aromatic carbocycles. The van der Waals surface area contributed by atoms with Crippen molar-refractivity contribution in [2.45, 2.75) is 6.29 Å². The van der Waals surface area contributed by atoms with Gasteiger partial charge in [-0.25, -0.2) is 0 Å². The molecule has 0 N–H and O–H groups in total. The average Bonchev–Trinajstić information content (AvgIpc) is 2.37. The SMILES string of the molecule is COc1cc(Cl)cc2c1OC(F)(F)O2. The number of rotatable bonds is 1. The summed E-state index contributed by atoms with van der Waals surface area (Å²) in [5, 5.41) is 0.238. The van der Waals surface area contributed by atoms with Crippen LogP contribution in [0.1, 0.15) is 0 Å². The van der Waals surface area contributed by atoms with E-state index in [2.05, 4.69) is 9.47 Å². The monoisotopic (exact) mass is 222 g/mol. The van der Waals surface area contributed by atoms with Gasteiger partial charge in [0.25, 0.3) is 0 Å². The van der Waals surface area contributed by atoms with E-state index in [0.717, 1.165) is 0 Å². The second-order valence-electron chi connectivity index (χ2n) is 2.60. The molecule has 3 nitrogen and oxygen atoms in total. The largest absolute Gasteiger partial charge is 0.586 e. The van der Waals surface area contributed by atoms with E-state index >= 15 is 0 Å². The minimum atomic E-state index is -3.65. The fourth-order valence-electron chi connectivity index (χ4n) is 1.14. The Morgan fingerprint density at radius 1 is 1.36 bits per heavy atom. The molecule has 2 rings (SSSR count). The van der Waals surface area contributed by atoms with Gasteiger partial charge in [0.2, 0.25) is 5.75 Å². The van der Waals surface area contributed by atoms with Crippen molar-refractivity contribution in [3.05, 3.63) is 17.2 Å². The summed E-state index contributed by atoms with van der Waals surface area (Å²) in [7, 11) is 1.33. The summed E-state index contributed by atoms with van der Waals surface area (Å²) in [6.07, 6.45) is -3.65. The second kappa shape index (κ2) is 2.88. The molecule has 0 fully saturated rings. The van der Waals surface area contributed by atoms with Crippen LogP contribution < -0.4 is 14.2 Å². The molecule has 1 aliphatic rings. The minimum absolute atomic E-state index is 0.115.